The predicted octanol–water partition coefficient (Wildman–Crippen LogP) is 3.90. The van der Waals surface area contributed by atoms with Crippen LogP contribution in [0.5, 0.6) is 0 Å². The number of rotatable bonds is 5. The van der Waals surface area contributed by atoms with Crippen molar-refractivity contribution in [1.82, 2.24) is 14.9 Å². The largest absolute Gasteiger partial charge is 0.444 e. The van der Waals surface area contributed by atoms with Crippen LogP contribution in [-0.2, 0) is 14.6 Å². The number of carbonyl (C=O) groups is 1. The number of hydrogen-bond acceptors (Lipinski definition) is 6. The van der Waals surface area contributed by atoms with E-state index >= 15 is 0 Å². The molecular weight excluding hydrogens is 461 g/mol. The Morgan fingerprint density at radius 3 is 2.47 bits per heavy atom. The molecule has 180 valence electrons. The van der Waals surface area contributed by atoms with Gasteiger partial charge in [-0.3, -0.25) is 9.36 Å². The third-order valence-corrected chi connectivity index (χ3v) is 6.53. The third kappa shape index (κ3) is 4.96. The smallest absolute Gasteiger partial charge is 0.408 e. The second-order valence-corrected chi connectivity index (χ2v) is 11.5. The van der Waals surface area contributed by atoms with Crippen LogP contribution in [0.4, 0.5) is 9.18 Å². The van der Waals surface area contributed by atoms with Gasteiger partial charge in [-0.2, -0.15) is 0 Å². The van der Waals surface area contributed by atoms with Gasteiger partial charge < -0.3 is 10.1 Å². The maximum atomic E-state index is 14.1. The van der Waals surface area contributed by atoms with E-state index in [1.165, 1.54) is 41.0 Å². The lowest BCUT2D eigenvalue weighted by Crippen LogP contribution is -2.39. The van der Waals surface area contributed by atoms with Crippen LogP contribution in [0.25, 0.3) is 16.6 Å². The first-order chi connectivity index (χ1) is 15.8. The first-order valence-electron chi connectivity index (χ1n) is 10.9. The van der Waals surface area contributed by atoms with E-state index in [-0.39, 0.29) is 33.2 Å². The van der Waals surface area contributed by atoms with Gasteiger partial charge in [-0.05, 0) is 69.9 Å². The molecule has 10 heteroatoms. The summed E-state index contributed by atoms with van der Waals surface area (Å²) in [6.07, 6.45) is 1.93. The standard InChI is InChI=1S/C24H26FN3O5S/c1-24(2,3)33-23(30)27-20(14-11-12-14)21-26-17-9-6-10-18(34(4,31)32)19(17)22(29)28(21)16-8-5-7-15(25)13-16/h5-10,13-14,20H,11-12H2,1-4H3,(H,27,30)/t20-/m0/s1. The van der Waals surface area contributed by atoms with Gasteiger partial charge in [-0.1, -0.05) is 12.1 Å². The Morgan fingerprint density at radius 1 is 1.21 bits per heavy atom. The highest BCUT2D eigenvalue weighted by Crippen LogP contribution is 2.41. The Morgan fingerprint density at radius 2 is 1.88 bits per heavy atom. The molecule has 1 atom stereocenters. The molecule has 1 aliphatic rings. The number of carbonyl (C=O) groups excluding carboxylic acids is 1. The van der Waals surface area contributed by atoms with Crippen LogP contribution in [-0.4, -0.2) is 35.9 Å². The van der Waals surface area contributed by atoms with Crippen LogP contribution in [0.3, 0.4) is 0 Å². The zero-order valence-electron chi connectivity index (χ0n) is 19.3. The van der Waals surface area contributed by atoms with Gasteiger partial charge >= 0.3 is 6.09 Å². The normalized spacial score (nSPS) is 15.2. The number of aromatic nitrogens is 2. The molecule has 3 aromatic rings. The lowest BCUT2D eigenvalue weighted by atomic mass is 10.1. The van der Waals surface area contributed by atoms with Crippen molar-refractivity contribution in [2.45, 2.75) is 50.2 Å². The molecule has 1 fully saturated rings. The molecule has 0 saturated heterocycles. The van der Waals surface area contributed by atoms with Crippen LogP contribution in [0, 0.1) is 11.7 Å². The fourth-order valence-electron chi connectivity index (χ4n) is 3.86. The fourth-order valence-corrected chi connectivity index (χ4v) is 4.75. The summed E-state index contributed by atoms with van der Waals surface area (Å²) >= 11 is 0. The Hall–Kier alpha value is -3.27. The molecule has 1 saturated carbocycles. The van der Waals surface area contributed by atoms with E-state index in [1.54, 1.807) is 26.8 Å². The first-order valence-corrected chi connectivity index (χ1v) is 12.8. The Labute approximate surface area is 196 Å². The fraction of sp³-hybridized carbons (Fsp3) is 0.375. The molecule has 1 heterocycles. The van der Waals surface area contributed by atoms with E-state index in [9.17, 15) is 22.4 Å². The molecule has 2 aromatic carbocycles. The van der Waals surface area contributed by atoms with Gasteiger partial charge in [0, 0.05) is 6.26 Å². The summed E-state index contributed by atoms with van der Waals surface area (Å²) in [4.78, 5) is 30.9. The minimum Gasteiger partial charge on any atom is -0.444 e. The predicted molar refractivity (Wildman–Crippen MR) is 125 cm³/mol. The van der Waals surface area contributed by atoms with Crippen molar-refractivity contribution in [2.75, 3.05) is 6.26 Å². The van der Waals surface area contributed by atoms with Gasteiger partial charge in [-0.15, -0.1) is 0 Å². The highest BCUT2D eigenvalue weighted by atomic mass is 32.2. The quantitative estimate of drug-likeness (QED) is 0.585. The summed E-state index contributed by atoms with van der Waals surface area (Å²) in [5.41, 5.74) is -1.05. The van der Waals surface area contributed by atoms with Crippen molar-refractivity contribution in [3.63, 3.8) is 0 Å². The number of alkyl carbamates (subject to hydrolysis) is 1. The SMILES string of the molecule is CC(C)(C)OC(=O)N[C@H](c1nc2cccc(S(C)(=O)=O)c2c(=O)n1-c1cccc(F)c1)C1CC1. The van der Waals surface area contributed by atoms with Gasteiger partial charge in [0.25, 0.3) is 5.56 Å². The van der Waals surface area contributed by atoms with Gasteiger partial charge in [-0.25, -0.2) is 22.6 Å². The van der Waals surface area contributed by atoms with Gasteiger partial charge in [0.2, 0.25) is 0 Å². The molecule has 4 rings (SSSR count). The lowest BCUT2D eigenvalue weighted by molar-refractivity contribution is 0.0493. The Balaban J connectivity index is 1.99. The number of ether oxygens (including phenoxy) is 1. The topological polar surface area (TPSA) is 107 Å². The molecule has 1 aliphatic carbocycles. The average molecular weight is 488 g/mol. The number of amides is 1. The number of fused-ring (bicyclic) bond motifs is 1. The van der Waals surface area contributed by atoms with E-state index in [0.29, 0.717) is 0 Å². The molecule has 34 heavy (non-hydrogen) atoms. The van der Waals surface area contributed by atoms with Crippen molar-refractivity contribution in [3.05, 3.63) is 64.5 Å². The second-order valence-electron chi connectivity index (χ2n) is 9.47. The molecule has 8 nitrogen and oxygen atoms in total. The highest BCUT2D eigenvalue weighted by molar-refractivity contribution is 7.91. The van der Waals surface area contributed by atoms with E-state index in [4.69, 9.17) is 4.74 Å². The van der Waals surface area contributed by atoms with E-state index in [0.717, 1.165) is 19.1 Å². The molecule has 0 radical (unpaired) electrons. The van der Waals surface area contributed by atoms with Crippen molar-refractivity contribution in [3.8, 4) is 5.69 Å². The molecule has 1 aromatic heterocycles. The van der Waals surface area contributed by atoms with Crippen LogP contribution in [0.2, 0.25) is 0 Å². The number of hydrogen-bond donors (Lipinski definition) is 1. The highest BCUT2D eigenvalue weighted by Gasteiger charge is 2.38. The van der Waals surface area contributed by atoms with Gasteiger partial charge in [0.15, 0.2) is 9.84 Å². The van der Waals surface area contributed by atoms with Gasteiger partial charge in [0.05, 0.1) is 27.5 Å². The minimum absolute atomic E-state index is 0.00484. The molecule has 1 N–H and O–H groups in total. The number of nitrogens with zero attached hydrogens (tertiary/aromatic N) is 2. The van der Waals surface area contributed by atoms with Crippen molar-refractivity contribution in [2.24, 2.45) is 5.92 Å². The maximum Gasteiger partial charge on any atom is 0.408 e. The molecule has 0 aliphatic heterocycles. The Bertz CT molecular complexity index is 1440. The van der Waals surface area contributed by atoms with E-state index in [1.807, 2.05) is 0 Å². The summed E-state index contributed by atoms with van der Waals surface area (Å²) in [5.74, 6) is -0.396. The zero-order valence-corrected chi connectivity index (χ0v) is 20.1. The average Bonchev–Trinajstić information content (AvgIpc) is 3.54. The first kappa shape index (κ1) is 23.9. The lowest BCUT2D eigenvalue weighted by Gasteiger charge is -2.25. The summed E-state index contributed by atoms with van der Waals surface area (Å²) in [7, 11) is -3.75. The maximum absolute atomic E-state index is 14.1. The minimum atomic E-state index is -3.75. The zero-order chi connectivity index (χ0) is 24.8. The van der Waals surface area contributed by atoms with E-state index in [2.05, 4.69) is 10.3 Å². The molecule has 1 amide bonds. The molecule has 0 bridgehead atoms. The van der Waals surface area contributed by atoms with Crippen LogP contribution in [0.15, 0.2) is 52.2 Å². The summed E-state index contributed by atoms with van der Waals surface area (Å²) in [6, 6.07) is 9.08. The second kappa shape index (κ2) is 8.50. The number of nitrogens with one attached hydrogen (secondary N) is 1. The molecule has 0 spiro atoms. The monoisotopic (exact) mass is 487 g/mol. The Kier molecular flexibility index (Phi) is 5.97. The number of sulfone groups is 1. The van der Waals surface area contributed by atoms with Crippen molar-refractivity contribution < 1.29 is 22.3 Å². The van der Waals surface area contributed by atoms with Crippen LogP contribution >= 0.6 is 0 Å². The molecular formula is C24H26FN3O5S. The van der Waals surface area contributed by atoms with Crippen LogP contribution < -0.4 is 10.9 Å². The third-order valence-electron chi connectivity index (χ3n) is 5.39. The van der Waals surface area contributed by atoms with Crippen molar-refractivity contribution in [1.29, 1.82) is 0 Å². The summed E-state index contributed by atoms with van der Waals surface area (Å²) in [5, 5.41) is 2.73. The number of benzene rings is 2. The van der Waals surface area contributed by atoms with Crippen molar-refractivity contribution >= 4 is 26.8 Å². The molecule has 0 unspecified atom stereocenters. The van der Waals surface area contributed by atoms with Gasteiger partial charge in [0.1, 0.15) is 17.2 Å². The van der Waals surface area contributed by atoms with E-state index < -0.39 is 38.9 Å². The summed E-state index contributed by atoms with van der Waals surface area (Å²) < 4.78 is 45.5. The summed E-state index contributed by atoms with van der Waals surface area (Å²) in [6.45, 7) is 5.22. The number of halogens is 1. The van der Waals surface area contributed by atoms with Crippen LogP contribution in [0.1, 0.15) is 45.5 Å².